The van der Waals surface area contributed by atoms with Crippen LogP contribution in [0.4, 0.5) is 0 Å². The van der Waals surface area contributed by atoms with E-state index in [4.69, 9.17) is 4.99 Å². The van der Waals surface area contributed by atoms with E-state index in [0.29, 0.717) is 17.3 Å². The first kappa shape index (κ1) is 21.2. The van der Waals surface area contributed by atoms with Crippen molar-refractivity contribution in [2.45, 2.75) is 97.7 Å². The van der Waals surface area contributed by atoms with Crippen LogP contribution in [0.1, 0.15) is 85.5 Å². The number of allylic oxidation sites excluding steroid dienone is 1. The number of hydrogen-bond acceptors (Lipinski definition) is 3. The SMILES string of the molecule is C[C@H]1CCC([C@H](C)[C@H]2CC[C@H]3[C@@H]4CC=C5[C@@H](O)[C@@H](O)CC[C@]5(C)[C@H]4CC[C@]23C)=NC1. The number of aliphatic hydroxyl groups excluding tert-OH is 2. The van der Waals surface area contributed by atoms with Crippen LogP contribution < -0.4 is 0 Å². The second-order valence-electron chi connectivity index (χ2n) is 12.2. The van der Waals surface area contributed by atoms with Gasteiger partial charge < -0.3 is 10.2 Å². The molecule has 1 heterocycles. The molecule has 0 aromatic rings. The lowest BCUT2D eigenvalue weighted by Crippen LogP contribution is -2.54. The van der Waals surface area contributed by atoms with Crippen molar-refractivity contribution in [3.8, 4) is 0 Å². The Bertz CT molecular complexity index is 743. The number of nitrogens with zero attached hydrogens (tertiary/aromatic N) is 1. The van der Waals surface area contributed by atoms with E-state index in [9.17, 15) is 10.2 Å². The van der Waals surface area contributed by atoms with Crippen molar-refractivity contribution in [3.63, 3.8) is 0 Å². The molecular weight excluding hydrogens is 370 g/mol. The molecule has 5 aliphatic rings. The smallest absolute Gasteiger partial charge is 0.101 e. The van der Waals surface area contributed by atoms with E-state index in [2.05, 4.69) is 33.8 Å². The maximum Gasteiger partial charge on any atom is 0.101 e. The zero-order valence-electron chi connectivity index (χ0n) is 19.6. The number of fused-ring (bicyclic) bond motifs is 5. The van der Waals surface area contributed by atoms with Crippen LogP contribution in [0.25, 0.3) is 0 Å². The maximum absolute atomic E-state index is 10.7. The van der Waals surface area contributed by atoms with Crippen molar-refractivity contribution in [2.24, 2.45) is 51.3 Å². The highest BCUT2D eigenvalue weighted by molar-refractivity contribution is 5.87. The van der Waals surface area contributed by atoms with Crippen LogP contribution >= 0.6 is 0 Å². The summed E-state index contributed by atoms with van der Waals surface area (Å²) in [5.74, 6) is 4.43. The Morgan fingerprint density at radius 3 is 2.57 bits per heavy atom. The third kappa shape index (κ3) is 3.01. The number of aliphatic imine (C=N–C) groups is 1. The maximum atomic E-state index is 10.7. The lowest BCUT2D eigenvalue weighted by Gasteiger charge is -2.59. The quantitative estimate of drug-likeness (QED) is 0.595. The van der Waals surface area contributed by atoms with Crippen LogP contribution in [0, 0.1) is 46.3 Å². The third-order valence-electron chi connectivity index (χ3n) is 10.9. The van der Waals surface area contributed by atoms with Crippen LogP contribution in [-0.2, 0) is 0 Å². The molecular formula is C27H43NO2. The van der Waals surface area contributed by atoms with Gasteiger partial charge in [0.15, 0.2) is 0 Å². The Hall–Kier alpha value is -0.670. The molecule has 5 rings (SSSR count). The summed E-state index contributed by atoms with van der Waals surface area (Å²) in [5.41, 5.74) is 3.22. The third-order valence-corrected chi connectivity index (χ3v) is 10.9. The fourth-order valence-corrected chi connectivity index (χ4v) is 9.02. The van der Waals surface area contributed by atoms with Gasteiger partial charge in [0, 0.05) is 12.3 Å². The van der Waals surface area contributed by atoms with Gasteiger partial charge in [0.25, 0.3) is 0 Å². The summed E-state index contributed by atoms with van der Waals surface area (Å²) < 4.78 is 0. The van der Waals surface area contributed by atoms with Gasteiger partial charge in [-0.05, 0) is 110 Å². The zero-order valence-corrected chi connectivity index (χ0v) is 19.6. The molecule has 0 amide bonds. The van der Waals surface area contributed by atoms with Gasteiger partial charge in [0.1, 0.15) is 6.10 Å². The Morgan fingerprint density at radius 1 is 1.03 bits per heavy atom. The second kappa shape index (κ2) is 7.44. The average molecular weight is 414 g/mol. The number of hydrogen-bond donors (Lipinski definition) is 2. The predicted molar refractivity (Wildman–Crippen MR) is 122 cm³/mol. The minimum atomic E-state index is -0.638. The Labute approximate surface area is 183 Å². The van der Waals surface area contributed by atoms with Crippen molar-refractivity contribution in [1.82, 2.24) is 0 Å². The molecule has 0 aromatic carbocycles. The fraction of sp³-hybridized carbons (Fsp3) is 0.889. The van der Waals surface area contributed by atoms with Gasteiger partial charge in [-0.3, -0.25) is 4.99 Å². The molecule has 0 saturated heterocycles. The molecule has 4 aliphatic carbocycles. The van der Waals surface area contributed by atoms with Crippen LogP contribution in [0.3, 0.4) is 0 Å². The topological polar surface area (TPSA) is 52.8 Å². The first-order valence-electron chi connectivity index (χ1n) is 12.9. The van der Waals surface area contributed by atoms with Crippen molar-refractivity contribution >= 4 is 5.71 Å². The lowest BCUT2D eigenvalue weighted by molar-refractivity contribution is -0.0779. The van der Waals surface area contributed by atoms with Crippen molar-refractivity contribution in [3.05, 3.63) is 11.6 Å². The summed E-state index contributed by atoms with van der Waals surface area (Å²) in [6, 6.07) is 0. The van der Waals surface area contributed by atoms with Crippen molar-refractivity contribution < 1.29 is 10.2 Å². The molecule has 168 valence electrons. The molecule has 10 atom stereocenters. The van der Waals surface area contributed by atoms with E-state index >= 15 is 0 Å². The molecule has 3 saturated carbocycles. The van der Waals surface area contributed by atoms with E-state index in [1.54, 1.807) is 0 Å². The van der Waals surface area contributed by atoms with E-state index < -0.39 is 12.2 Å². The lowest BCUT2D eigenvalue weighted by atomic mass is 9.46. The highest BCUT2D eigenvalue weighted by Gasteiger charge is 2.60. The summed E-state index contributed by atoms with van der Waals surface area (Å²) in [5, 5.41) is 21.0. The van der Waals surface area contributed by atoms with Crippen LogP contribution in [0.2, 0.25) is 0 Å². The largest absolute Gasteiger partial charge is 0.390 e. The highest BCUT2D eigenvalue weighted by atomic mass is 16.3. The predicted octanol–water partition coefficient (Wildman–Crippen LogP) is 5.40. The highest BCUT2D eigenvalue weighted by Crippen LogP contribution is 2.67. The molecule has 3 heteroatoms. The molecule has 0 bridgehead atoms. The minimum absolute atomic E-state index is 0.0934. The summed E-state index contributed by atoms with van der Waals surface area (Å²) in [6.45, 7) is 10.9. The van der Waals surface area contributed by atoms with E-state index in [0.717, 1.165) is 49.5 Å². The summed E-state index contributed by atoms with van der Waals surface area (Å²) in [6.07, 6.45) is 12.0. The van der Waals surface area contributed by atoms with Gasteiger partial charge in [0.05, 0.1) is 6.10 Å². The first-order chi connectivity index (χ1) is 14.3. The molecule has 0 radical (unpaired) electrons. The fourth-order valence-electron chi connectivity index (χ4n) is 9.02. The van der Waals surface area contributed by atoms with E-state index in [1.165, 1.54) is 49.8 Å². The van der Waals surface area contributed by atoms with E-state index in [1.807, 2.05) is 0 Å². The van der Waals surface area contributed by atoms with E-state index in [-0.39, 0.29) is 5.41 Å². The molecule has 0 unspecified atom stereocenters. The zero-order chi connectivity index (χ0) is 21.3. The first-order valence-corrected chi connectivity index (χ1v) is 12.9. The molecule has 3 nitrogen and oxygen atoms in total. The summed E-state index contributed by atoms with van der Waals surface area (Å²) in [4.78, 5) is 5.04. The molecule has 1 aliphatic heterocycles. The Balaban J connectivity index is 1.40. The van der Waals surface area contributed by atoms with Crippen LogP contribution in [0.5, 0.6) is 0 Å². The van der Waals surface area contributed by atoms with Gasteiger partial charge in [0.2, 0.25) is 0 Å². The van der Waals surface area contributed by atoms with Gasteiger partial charge in [-0.15, -0.1) is 0 Å². The van der Waals surface area contributed by atoms with Crippen LogP contribution in [-0.4, -0.2) is 34.7 Å². The van der Waals surface area contributed by atoms with Crippen LogP contribution in [0.15, 0.2) is 16.6 Å². The van der Waals surface area contributed by atoms with Crippen molar-refractivity contribution in [2.75, 3.05) is 6.54 Å². The summed E-state index contributed by atoms with van der Waals surface area (Å²) in [7, 11) is 0. The standard InChI is InChI=1S/C27H43NO2/c1-16-5-10-23(28-15-16)17(2)19-8-9-20-18-6-7-22-25(30)24(29)12-14-27(22,4)21(18)11-13-26(19,20)3/h7,16-21,24-25,29-30H,5-6,8-15H2,1-4H3/t16-,17+,18-,19+,20-,21-,24-,25+,26+,27+/m0/s1. The number of rotatable bonds is 2. The van der Waals surface area contributed by atoms with Gasteiger partial charge in [-0.25, -0.2) is 0 Å². The monoisotopic (exact) mass is 413 g/mol. The summed E-state index contributed by atoms with van der Waals surface area (Å²) >= 11 is 0. The Morgan fingerprint density at radius 2 is 1.83 bits per heavy atom. The van der Waals surface area contributed by atoms with Crippen molar-refractivity contribution in [1.29, 1.82) is 0 Å². The Kier molecular flexibility index (Phi) is 5.26. The second-order valence-corrected chi connectivity index (χ2v) is 12.2. The molecule has 3 fully saturated rings. The normalized spacial score (nSPS) is 51.9. The van der Waals surface area contributed by atoms with Gasteiger partial charge in [-0.2, -0.15) is 0 Å². The molecule has 0 spiro atoms. The van der Waals surface area contributed by atoms with Gasteiger partial charge >= 0.3 is 0 Å². The van der Waals surface area contributed by atoms with Gasteiger partial charge in [-0.1, -0.05) is 33.8 Å². The number of aliphatic hydroxyl groups is 2. The molecule has 0 aromatic heterocycles. The minimum Gasteiger partial charge on any atom is -0.390 e. The molecule has 30 heavy (non-hydrogen) atoms. The molecule has 2 N–H and O–H groups in total. The average Bonchev–Trinajstić information content (AvgIpc) is 3.08.